The fourth-order valence-corrected chi connectivity index (χ4v) is 2.26. The molecule has 0 radical (unpaired) electrons. The van der Waals surface area contributed by atoms with Crippen molar-refractivity contribution >= 4 is 11.9 Å². The molecule has 0 saturated carbocycles. The summed E-state index contributed by atoms with van der Waals surface area (Å²) in [6.07, 6.45) is 0.463. The molecule has 23 heavy (non-hydrogen) atoms. The van der Waals surface area contributed by atoms with Crippen LogP contribution in [0, 0.1) is 0 Å². The number of carboxylic acids is 1. The van der Waals surface area contributed by atoms with Gasteiger partial charge in [-0.2, -0.15) is 0 Å². The summed E-state index contributed by atoms with van der Waals surface area (Å²) in [5.41, 5.74) is 2.67. The van der Waals surface area contributed by atoms with Crippen LogP contribution in [-0.4, -0.2) is 28.1 Å². The molecule has 0 fully saturated rings. The van der Waals surface area contributed by atoms with E-state index in [1.807, 2.05) is 24.3 Å². The van der Waals surface area contributed by atoms with Crippen molar-refractivity contribution in [3.05, 3.63) is 54.1 Å². The lowest BCUT2D eigenvalue weighted by atomic mass is 9.99. The Morgan fingerprint density at radius 1 is 1.09 bits per heavy atom. The molecule has 2 rings (SSSR count). The van der Waals surface area contributed by atoms with Crippen LogP contribution in [0.3, 0.4) is 0 Å². The highest BCUT2D eigenvalue weighted by Crippen LogP contribution is 2.23. The van der Waals surface area contributed by atoms with Crippen LogP contribution >= 0.6 is 0 Å². The molecule has 0 aliphatic heterocycles. The molecule has 0 saturated heterocycles. The minimum absolute atomic E-state index is 0.193. The fourth-order valence-electron chi connectivity index (χ4n) is 2.26. The first-order chi connectivity index (χ1) is 11.0. The molecule has 2 aromatic carbocycles. The number of carbonyl (C=O) groups excluding carboxylic acids is 1. The number of phenols is 1. The maximum Gasteiger partial charge on any atom is 0.326 e. The van der Waals surface area contributed by atoms with Gasteiger partial charge >= 0.3 is 5.97 Å². The van der Waals surface area contributed by atoms with E-state index in [0.717, 1.165) is 16.7 Å². The van der Waals surface area contributed by atoms with E-state index < -0.39 is 12.0 Å². The van der Waals surface area contributed by atoms with Gasteiger partial charge in [0.25, 0.3) is 0 Å². The number of amides is 1. The maximum absolute atomic E-state index is 11.4. The molecule has 1 unspecified atom stereocenters. The predicted molar refractivity (Wildman–Crippen MR) is 87.1 cm³/mol. The number of benzene rings is 2. The topological polar surface area (TPSA) is 86.6 Å². The van der Waals surface area contributed by atoms with E-state index >= 15 is 0 Å². The number of hydrogen-bond donors (Lipinski definition) is 3. The molecule has 1 atom stereocenters. The standard InChI is InChI=1S/C18H19NO4/c1-2-17(21)19-16(18(22)23)11-12-4-3-5-14(10-12)13-6-8-15(20)9-7-13/h3-10,16,20H,2,11H2,1H3,(H,19,21)(H,22,23). The van der Waals surface area contributed by atoms with Crippen molar-refractivity contribution in [2.24, 2.45) is 0 Å². The van der Waals surface area contributed by atoms with Gasteiger partial charge in [-0.25, -0.2) is 4.79 Å². The van der Waals surface area contributed by atoms with Gasteiger partial charge in [-0.3, -0.25) is 4.79 Å². The molecule has 0 aromatic heterocycles. The summed E-state index contributed by atoms with van der Waals surface area (Å²) >= 11 is 0. The van der Waals surface area contributed by atoms with Gasteiger partial charge in [0, 0.05) is 12.8 Å². The molecular formula is C18H19NO4. The van der Waals surface area contributed by atoms with E-state index in [9.17, 15) is 19.8 Å². The summed E-state index contributed by atoms with van der Waals surface area (Å²) in [5.74, 6) is -1.15. The molecule has 1 amide bonds. The molecular weight excluding hydrogens is 294 g/mol. The fraction of sp³-hybridized carbons (Fsp3) is 0.222. The number of nitrogens with one attached hydrogen (secondary N) is 1. The smallest absolute Gasteiger partial charge is 0.326 e. The summed E-state index contributed by atoms with van der Waals surface area (Å²) in [4.78, 5) is 22.7. The first kappa shape index (κ1) is 16.5. The van der Waals surface area contributed by atoms with Gasteiger partial charge in [0.05, 0.1) is 0 Å². The summed E-state index contributed by atoms with van der Waals surface area (Å²) in [5, 5.41) is 21.1. The summed E-state index contributed by atoms with van der Waals surface area (Å²) in [6.45, 7) is 1.68. The van der Waals surface area contributed by atoms with Crippen molar-refractivity contribution < 1.29 is 19.8 Å². The number of rotatable bonds is 6. The van der Waals surface area contributed by atoms with Crippen molar-refractivity contribution in [2.45, 2.75) is 25.8 Å². The van der Waals surface area contributed by atoms with Crippen molar-refractivity contribution in [1.82, 2.24) is 5.32 Å². The minimum Gasteiger partial charge on any atom is -0.508 e. The Hall–Kier alpha value is -2.82. The Morgan fingerprint density at radius 2 is 1.78 bits per heavy atom. The lowest BCUT2D eigenvalue weighted by Crippen LogP contribution is -2.42. The second-order valence-corrected chi connectivity index (χ2v) is 5.26. The molecule has 2 aromatic rings. The summed E-state index contributed by atoms with van der Waals surface area (Å²) < 4.78 is 0. The van der Waals surface area contributed by atoms with Gasteiger partial charge in [-0.05, 0) is 28.8 Å². The Balaban J connectivity index is 2.19. The second-order valence-electron chi connectivity index (χ2n) is 5.26. The van der Waals surface area contributed by atoms with Crippen molar-refractivity contribution in [3.63, 3.8) is 0 Å². The Bertz CT molecular complexity index is 694. The third-order valence-electron chi connectivity index (χ3n) is 3.52. The van der Waals surface area contributed by atoms with Crippen LogP contribution < -0.4 is 5.32 Å². The first-order valence-corrected chi connectivity index (χ1v) is 7.40. The third kappa shape index (κ3) is 4.57. The van der Waals surface area contributed by atoms with E-state index in [2.05, 4.69) is 5.32 Å². The monoisotopic (exact) mass is 313 g/mol. The van der Waals surface area contributed by atoms with Crippen molar-refractivity contribution in [3.8, 4) is 16.9 Å². The average molecular weight is 313 g/mol. The van der Waals surface area contributed by atoms with Crippen molar-refractivity contribution in [2.75, 3.05) is 0 Å². The molecule has 0 bridgehead atoms. The molecule has 3 N–H and O–H groups in total. The maximum atomic E-state index is 11.4. The van der Waals surface area contributed by atoms with Gasteiger partial charge in [-0.15, -0.1) is 0 Å². The number of carbonyl (C=O) groups is 2. The molecule has 0 aliphatic rings. The SMILES string of the molecule is CCC(=O)NC(Cc1cccc(-c2ccc(O)cc2)c1)C(=O)O. The van der Waals surface area contributed by atoms with Crippen LogP contribution in [0.4, 0.5) is 0 Å². The van der Waals surface area contributed by atoms with E-state index in [1.165, 1.54) is 0 Å². The minimum atomic E-state index is -1.05. The lowest BCUT2D eigenvalue weighted by Gasteiger charge is -2.14. The largest absolute Gasteiger partial charge is 0.508 e. The van der Waals surface area contributed by atoms with Gasteiger partial charge in [-0.1, -0.05) is 43.3 Å². The van der Waals surface area contributed by atoms with E-state index in [0.29, 0.717) is 0 Å². The van der Waals surface area contributed by atoms with Gasteiger partial charge < -0.3 is 15.5 Å². The number of aliphatic carboxylic acids is 1. The average Bonchev–Trinajstić information content (AvgIpc) is 2.55. The van der Waals surface area contributed by atoms with Crippen LogP contribution in [0.5, 0.6) is 5.75 Å². The Labute approximate surface area is 134 Å². The van der Waals surface area contributed by atoms with Crippen molar-refractivity contribution in [1.29, 1.82) is 0 Å². The normalized spacial score (nSPS) is 11.7. The Morgan fingerprint density at radius 3 is 2.39 bits per heavy atom. The number of aromatic hydroxyl groups is 1. The third-order valence-corrected chi connectivity index (χ3v) is 3.52. The number of phenolic OH excluding ortho intramolecular Hbond substituents is 1. The zero-order valence-corrected chi connectivity index (χ0v) is 12.8. The molecule has 5 nitrogen and oxygen atoms in total. The van der Waals surface area contributed by atoms with Crippen LogP contribution in [0.15, 0.2) is 48.5 Å². The highest BCUT2D eigenvalue weighted by molar-refractivity contribution is 5.83. The van der Waals surface area contributed by atoms with E-state index in [-0.39, 0.29) is 24.5 Å². The Kier molecular flexibility index (Phi) is 5.36. The van der Waals surface area contributed by atoms with Crippen LogP contribution in [0.1, 0.15) is 18.9 Å². The van der Waals surface area contributed by atoms with Crippen LogP contribution in [-0.2, 0) is 16.0 Å². The van der Waals surface area contributed by atoms with Gasteiger partial charge in [0.1, 0.15) is 11.8 Å². The van der Waals surface area contributed by atoms with Gasteiger partial charge in [0.15, 0.2) is 0 Å². The van der Waals surface area contributed by atoms with E-state index in [4.69, 9.17) is 0 Å². The molecule has 0 heterocycles. The molecule has 0 aliphatic carbocycles. The van der Waals surface area contributed by atoms with Crippen LogP contribution in [0.2, 0.25) is 0 Å². The lowest BCUT2D eigenvalue weighted by molar-refractivity contribution is -0.141. The zero-order chi connectivity index (χ0) is 16.8. The second kappa shape index (κ2) is 7.45. The molecule has 0 spiro atoms. The van der Waals surface area contributed by atoms with Crippen LogP contribution in [0.25, 0.3) is 11.1 Å². The highest BCUT2D eigenvalue weighted by Gasteiger charge is 2.19. The molecule has 5 heteroatoms. The summed E-state index contributed by atoms with van der Waals surface area (Å²) in [6, 6.07) is 13.3. The predicted octanol–water partition coefficient (Wildman–Crippen LogP) is 2.58. The van der Waals surface area contributed by atoms with E-state index in [1.54, 1.807) is 31.2 Å². The first-order valence-electron chi connectivity index (χ1n) is 7.40. The number of hydrogen-bond acceptors (Lipinski definition) is 3. The van der Waals surface area contributed by atoms with Gasteiger partial charge in [0.2, 0.25) is 5.91 Å². The summed E-state index contributed by atoms with van der Waals surface area (Å²) in [7, 11) is 0. The zero-order valence-electron chi connectivity index (χ0n) is 12.8. The molecule has 120 valence electrons. The quantitative estimate of drug-likeness (QED) is 0.765. The number of carboxylic acid groups (broad SMARTS) is 1. The highest BCUT2D eigenvalue weighted by atomic mass is 16.4.